The van der Waals surface area contributed by atoms with Gasteiger partial charge in [-0.15, -0.1) is 0 Å². The lowest BCUT2D eigenvalue weighted by Crippen LogP contribution is -2.19. The van der Waals surface area contributed by atoms with E-state index in [1.54, 1.807) is 19.3 Å². The second-order valence-electron chi connectivity index (χ2n) is 5.29. The van der Waals surface area contributed by atoms with E-state index in [1.165, 1.54) is 11.8 Å². The average Bonchev–Trinajstić information content (AvgIpc) is 3.00. The van der Waals surface area contributed by atoms with Crippen LogP contribution in [0.1, 0.15) is 5.56 Å². The molecule has 0 atom stereocenters. The largest absolute Gasteiger partial charge is 0.494 e. The highest BCUT2D eigenvalue weighted by Gasteiger charge is 2.24. The smallest absolute Gasteiger partial charge is 0.264 e. The van der Waals surface area contributed by atoms with Crippen molar-refractivity contribution in [1.29, 1.82) is 0 Å². The SMILES string of the molecule is C=CCOc1ccccc1C=C1SC(=Nc2ccccc2OC)NC1=O. The summed E-state index contributed by atoms with van der Waals surface area (Å²) < 4.78 is 10.9. The van der Waals surface area contributed by atoms with Gasteiger partial charge in [-0.3, -0.25) is 4.79 Å². The number of rotatable bonds is 6. The average molecular weight is 366 g/mol. The molecule has 26 heavy (non-hydrogen) atoms. The fourth-order valence-electron chi connectivity index (χ4n) is 2.33. The van der Waals surface area contributed by atoms with Crippen molar-refractivity contribution in [3.8, 4) is 11.5 Å². The Labute approximate surface area is 156 Å². The van der Waals surface area contributed by atoms with Gasteiger partial charge in [0.1, 0.15) is 23.8 Å². The molecule has 0 spiro atoms. The van der Waals surface area contributed by atoms with Gasteiger partial charge in [-0.2, -0.15) is 0 Å². The summed E-state index contributed by atoms with van der Waals surface area (Å²) in [6.45, 7) is 4.05. The standard InChI is InChI=1S/C20H18N2O3S/c1-3-12-25-16-10-6-4-8-14(16)13-18-19(23)22-20(26-18)21-15-9-5-7-11-17(15)24-2/h3-11,13H,1,12H2,2H3,(H,21,22,23). The van der Waals surface area contributed by atoms with Crippen LogP contribution in [0.3, 0.4) is 0 Å². The summed E-state index contributed by atoms with van der Waals surface area (Å²) in [6, 6.07) is 14.9. The molecule has 6 heteroatoms. The molecule has 0 radical (unpaired) electrons. The van der Waals surface area contributed by atoms with Crippen LogP contribution in [0.25, 0.3) is 6.08 Å². The van der Waals surface area contributed by atoms with Gasteiger partial charge in [0.05, 0.1) is 12.0 Å². The summed E-state index contributed by atoms with van der Waals surface area (Å²) in [5.41, 5.74) is 1.49. The zero-order chi connectivity index (χ0) is 18.4. The molecule has 0 aliphatic carbocycles. The lowest BCUT2D eigenvalue weighted by molar-refractivity contribution is -0.115. The topological polar surface area (TPSA) is 59.9 Å². The fraction of sp³-hybridized carbons (Fsp3) is 0.100. The quantitative estimate of drug-likeness (QED) is 0.616. The summed E-state index contributed by atoms with van der Waals surface area (Å²) in [5, 5.41) is 3.29. The highest BCUT2D eigenvalue weighted by Crippen LogP contribution is 2.33. The van der Waals surface area contributed by atoms with Crippen LogP contribution in [0, 0.1) is 0 Å². The maximum atomic E-state index is 12.3. The zero-order valence-corrected chi connectivity index (χ0v) is 15.1. The van der Waals surface area contributed by atoms with E-state index in [4.69, 9.17) is 9.47 Å². The minimum atomic E-state index is -0.192. The number of hydrogen-bond acceptors (Lipinski definition) is 5. The molecule has 2 aromatic rings. The Kier molecular flexibility index (Phi) is 5.76. The van der Waals surface area contributed by atoms with Gasteiger partial charge in [0, 0.05) is 5.56 Å². The van der Waals surface area contributed by atoms with Gasteiger partial charge in [0.2, 0.25) is 0 Å². The van der Waals surface area contributed by atoms with Crippen LogP contribution in [0.5, 0.6) is 11.5 Å². The molecule has 0 unspecified atom stereocenters. The van der Waals surface area contributed by atoms with Crippen molar-refractivity contribution < 1.29 is 14.3 Å². The first-order valence-electron chi connectivity index (χ1n) is 7.96. The number of carbonyl (C=O) groups excluding carboxylic acids is 1. The molecule has 1 amide bonds. The Bertz CT molecular complexity index is 890. The number of carbonyl (C=O) groups is 1. The number of nitrogens with zero attached hydrogens (tertiary/aromatic N) is 1. The molecule has 1 N–H and O–H groups in total. The van der Waals surface area contributed by atoms with Crippen molar-refractivity contribution in [3.05, 3.63) is 71.7 Å². The fourth-order valence-corrected chi connectivity index (χ4v) is 3.16. The Hall–Kier alpha value is -2.99. The van der Waals surface area contributed by atoms with Gasteiger partial charge in [0.15, 0.2) is 5.17 Å². The summed E-state index contributed by atoms with van der Waals surface area (Å²) in [5.74, 6) is 1.15. The van der Waals surface area contributed by atoms with Crippen molar-refractivity contribution >= 4 is 34.6 Å². The van der Waals surface area contributed by atoms with Gasteiger partial charge in [-0.25, -0.2) is 4.99 Å². The van der Waals surface area contributed by atoms with E-state index in [0.717, 1.165) is 5.56 Å². The maximum absolute atomic E-state index is 12.3. The molecule has 1 saturated heterocycles. The number of aliphatic imine (C=N–C) groups is 1. The number of amidine groups is 1. The Morgan fingerprint density at radius 1 is 1.15 bits per heavy atom. The zero-order valence-electron chi connectivity index (χ0n) is 14.3. The first-order valence-corrected chi connectivity index (χ1v) is 8.78. The van der Waals surface area contributed by atoms with Crippen molar-refractivity contribution in [3.63, 3.8) is 0 Å². The molecule has 0 bridgehead atoms. The first-order chi connectivity index (χ1) is 12.7. The molecule has 1 aliphatic rings. The maximum Gasteiger partial charge on any atom is 0.264 e. The molecule has 2 aromatic carbocycles. The van der Waals surface area contributed by atoms with E-state index in [9.17, 15) is 4.79 Å². The van der Waals surface area contributed by atoms with Gasteiger partial charge in [-0.05, 0) is 36.0 Å². The van der Waals surface area contributed by atoms with E-state index < -0.39 is 0 Å². The third-order valence-corrected chi connectivity index (χ3v) is 4.43. The van der Waals surface area contributed by atoms with Crippen molar-refractivity contribution in [2.24, 2.45) is 4.99 Å². The van der Waals surface area contributed by atoms with E-state index >= 15 is 0 Å². The van der Waals surface area contributed by atoms with E-state index in [-0.39, 0.29) is 5.91 Å². The van der Waals surface area contributed by atoms with Crippen molar-refractivity contribution in [2.75, 3.05) is 13.7 Å². The number of hydrogen-bond donors (Lipinski definition) is 1. The number of benzene rings is 2. The van der Waals surface area contributed by atoms with Crippen LogP contribution in [0.4, 0.5) is 5.69 Å². The lowest BCUT2D eigenvalue weighted by atomic mass is 10.2. The van der Waals surface area contributed by atoms with Gasteiger partial charge in [0.25, 0.3) is 5.91 Å². The van der Waals surface area contributed by atoms with Crippen LogP contribution in [0.15, 0.2) is 71.1 Å². The normalized spacial score (nSPS) is 16.6. The third-order valence-electron chi connectivity index (χ3n) is 3.52. The second kappa shape index (κ2) is 8.40. The molecule has 3 rings (SSSR count). The van der Waals surface area contributed by atoms with Crippen LogP contribution < -0.4 is 14.8 Å². The highest BCUT2D eigenvalue weighted by atomic mass is 32.2. The second-order valence-corrected chi connectivity index (χ2v) is 6.32. The number of methoxy groups -OCH3 is 1. The molecule has 1 fully saturated rings. The molecule has 1 heterocycles. The number of para-hydroxylation sites is 3. The van der Waals surface area contributed by atoms with Crippen LogP contribution in [0.2, 0.25) is 0 Å². The third kappa shape index (κ3) is 4.15. The first kappa shape index (κ1) is 17.8. The molecule has 1 aliphatic heterocycles. The van der Waals surface area contributed by atoms with Crippen LogP contribution in [-0.4, -0.2) is 24.8 Å². The van der Waals surface area contributed by atoms with E-state index in [2.05, 4.69) is 16.9 Å². The van der Waals surface area contributed by atoms with Crippen LogP contribution >= 0.6 is 11.8 Å². The van der Waals surface area contributed by atoms with E-state index in [1.807, 2.05) is 48.5 Å². The minimum absolute atomic E-state index is 0.192. The van der Waals surface area contributed by atoms with Crippen molar-refractivity contribution in [1.82, 2.24) is 5.32 Å². The molecule has 0 aromatic heterocycles. The summed E-state index contributed by atoms with van der Waals surface area (Å²) in [7, 11) is 1.59. The summed E-state index contributed by atoms with van der Waals surface area (Å²) in [4.78, 5) is 17.3. The van der Waals surface area contributed by atoms with Crippen LogP contribution in [-0.2, 0) is 4.79 Å². The van der Waals surface area contributed by atoms with Gasteiger partial charge >= 0.3 is 0 Å². The predicted molar refractivity (Wildman–Crippen MR) is 106 cm³/mol. The molecule has 0 saturated carbocycles. The summed E-state index contributed by atoms with van der Waals surface area (Å²) in [6.07, 6.45) is 3.47. The summed E-state index contributed by atoms with van der Waals surface area (Å²) >= 11 is 1.28. The Morgan fingerprint density at radius 2 is 1.88 bits per heavy atom. The predicted octanol–water partition coefficient (Wildman–Crippen LogP) is 4.15. The number of amides is 1. The van der Waals surface area contributed by atoms with Crippen molar-refractivity contribution in [2.45, 2.75) is 0 Å². The number of nitrogens with one attached hydrogen (secondary N) is 1. The van der Waals surface area contributed by atoms with Gasteiger partial charge < -0.3 is 14.8 Å². The molecular weight excluding hydrogens is 348 g/mol. The van der Waals surface area contributed by atoms with E-state index in [0.29, 0.717) is 33.9 Å². The molecular formula is C20H18N2O3S. The Morgan fingerprint density at radius 3 is 2.65 bits per heavy atom. The van der Waals surface area contributed by atoms with Gasteiger partial charge in [-0.1, -0.05) is 43.0 Å². The Balaban J connectivity index is 1.85. The lowest BCUT2D eigenvalue weighted by Gasteiger charge is -2.06. The molecule has 132 valence electrons. The number of ether oxygens (including phenoxy) is 2. The minimum Gasteiger partial charge on any atom is -0.494 e. The molecule has 5 nitrogen and oxygen atoms in total. The monoisotopic (exact) mass is 366 g/mol. The highest BCUT2D eigenvalue weighted by molar-refractivity contribution is 8.18. The number of thioether (sulfide) groups is 1.